The minimum Gasteiger partial charge on any atom is -0.741 e. The Morgan fingerprint density at radius 2 is 1.48 bits per heavy atom. The van der Waals surface area contributed by atoms with Crippen molar-refractivity contribution in [3.63, 3.8) is 0 Å². The third-order valence-electron chi connectivity index (χ3n) is 3.86. The number of benzene rings is 2. The molecular weight excluding hydrogens is 433 g/mol. The van der Waals surface area contributed by atoms with Gasteiger partial charge in [0.2, 0.25) is 5.69 Å². The smallest absolute Gasteiger partial charge is 0.485 e. The number of rotatable bonds is 5. The summed E-state index contributed by atoms with van der Waals surface area (Å²) in [7, 11) is -4.09. The van der Waals surface area contributed by atoms with Crippen LogP contribution in [0, 0.1) is 0 Å². The van der Waals surface area contributed by atoms with E-state index in [1.165, 1.54) is 0 Å². The largest absolute Gasteiger partial charge is 0.741 e. The van der Waals surface area contributed by atoms with E-state index in [4.69, 9.17) is 17.8 Å². The lowest BCUT2D eigenvalue weighted by Gasteiger charge is -2.08. The van der Waals surface area contributed by atoms with Gasteiger partial charge in [-0.15, -0.1) is 0 Å². The van der Waals surface area contributed by atoms with Crippen LogP contribution in [0.4, 0.5) is 13.2 Å². The maximum Gasteiger partial charge on any atom is 0.485 e. The summed E-state index contributed by atoms with van der Waals surface area (Å²) in [5.41, 5.74) is -1.69. The predicted molar refractivity (Wildman–Crippen MR) is 107 cm³/mol. The summed E-state index contributed by atoms with van der Waals surface area (Å²) >= 11 is 0. The van der Waals surface area contributed by atoms with Gasteiger partial charge in [0, 0.05) is 17.7 Å². The highest BCUT2D eigenvalue weighted by atomic mass is 32.2. The first-order valence-corrected chi connectivity index (χ1v) is 10.3. The standard InChI is InChI=1S/C20H19N2O.CHF3O3S/c1-22-15-9-8-14-19(22)20(18-12-6-3-7-13-18)21-23-16-17-10-4-2-5-11-17;2-1(3,4)8(5,6)7/h2-15H,16H2,1H3;(H,5,6,7)/q+1;/p-1/b21-20+;. The molecule has 1 heterocycles. The maximum atomic E-state index is 10.7. The number of halogens is 3. The molecule has 10 heteroatoms. The first kappa shape index (κ1) is 24.0. The third-order valence-corrected chi connectivity index (χ3v) is 4.43. The quantitative estimate of drug-likeness (QED) is 0.195. The molecule has 0 bridgehead atoms. The van der Waals surface area contributed by atoms with Gasteiger partial charge in [0.25, 0.3) is 0 Å². The topological polar surface area (TPSA) is 82.7 Å². The highest BCUT2D eigenvalue weighted by molar-refractivity contribution is 7.86. The second-order valence-corrected chi connectivity index (χ2v) is 7.53. The zero-order valence-electron chi connectivity index (χ0n) is 16.4. The third kappa shape index (κ3) is 7.50. The molecule has 0 atom stereocenters. The van der Waals surface area contributed by atoms with Crippen LogP contribution in [0.2, 0.25) is 0 Å². The molecule has 0 amide bonds. The summed E-state index contributed by atoms with van der Waals surface area (Å²) in [6, 6.07) is 26.2. The van der Waals surface area contributed by atoms with Crippen molar-refractivity contribution in [2.45, 2.75) is 12.1 Å². The Labute approximate surface area is 178 Å². The molecule has 0 saturated carbocycles. The van der Waals surface area contributed by atoms with Crippen LogP contribution in [0.1, 0.15) is 16.8 Å². The van der Waals surface area contributed by atoms with Gasteiger partial charge in [0.15, 0.2) is 22.0 Å². The second-order valence-electron chi connectivity index (χ2n) is 6.16. The van der Waals surface area contributed by atoms with E-state index < -0.39 is 15.6 Å². The molecule has 2 aromatic carbocycles. The lowest BCUT2D eigenvalue weighted by Crippen LogP contribution is -2.36. The SMILES string of the molecule is C[n+]1ccccc1/C(=N/OCc1ccccc1)c1ccccc1.O=S(=O)([O-])C(F)(F)F. The molecule has 0 unspecified atom stereocenters. The van der Waals surface area contributed by atoms with Crippen molar-refractivity contribution in [2.75, 3.05) is 0 Å². The summed E-state index contributed by atoms with van der Waals surface area (Å²) in [6.07, 6.45) is 2.00. The number of hydrogen-bond acceptors (Lipinski definition) is 5. The molecule has 1 aromatic heterocycles. The van der Waals surface area contributed by atoms with E-state index in [0.29, 0.717) is 6.61 Å². The van der Waals surface area contributed by atoms with Gasteiger partial charge in [0.1, 0.15) is 13.7 Å². The van der Waals surface area contributed by atoms with Crippen LogP contribution in [0.15, 0.2) is 90.2 Å². The van der Waals surface area contributed by atoms with Gasteiger partial charge in [-0.3, -0.25) is 0 Å². The molecule has 3 rings (SSSR count). The van der Waals surface area contributed by atoms with E-state index in [1.54, 1.807) is 0 Å². The fourth-order valence-corrected chi connectivity index (χ4v) is 2.36. The second kappa shape index (κ2) is 10.7. The molecular formula is C21H19F3N2O4S. The molecule has 0 aliphatic carbocycles. The lowest BCUT2D eigenvalue weighted by molar-refractivity contribution is -0.672. The Balaban J connectivity index is 0.000000366. The molecule has 0 spiro atoms. The van der Waals surface area contributed by atoms with Gasteiger partial charge in [-0.25, -0.2) is 8.42 Å². The summed E-state index contributed by atoms with van der Waals surface area (Å²) in [5.74, 6) is 0. The minimum absolute atomic E-state index is 0.452. The van der Waals surface area contributed by atoms with E-state index in [0.717, 1.165) is 22.5 Å². The Bertz CT molecular complexity index is 1100. The zero-order valence-corrected chi connectivity index (χ0v) is 17.2. The van der Waals surface area contributed by atoms with E-state index in [2.05, 4.69) is 5.16 Å². The number of pyridine rings is 1. The van der Waals surface area contributed by atoms with Crippen LogP contribution in [0.5, 0.6) is 0 Å². The summed E-state index contributed by atoms with van der Waals surface area (Å²) in [4.78, 5) is 5.62. The number of aromatic nitrogens is 1. The first-order chi connectivity index (χ1) is 14.6. The lowest BCUT2D eigenvalue weighted by atomic mass is 10.1. The van der Waals surface area contributed by atoms with Crippen molar-refractivity contribution in [2.24, 2.45) is 12.2 Å². The van der Waals surface area contributed by atoms with Crippen molar-refractivity contribution < 1.29 is 35.5 Å². The van der Waals surface area contributed by atoms with Crippen LogP contribution in [-0.2, 0) is 28.6 Å². The van der Waals surface area contributed by atoms with E-state index >= 15 is 0 Å². The predicted octanol–water partition coefficient (Wildman–Crippen LogP) is 3.53. The van der Waals surface area contributed by atoms with Gasteiger partial charge >= 0.3 is 5.51 Å². The number of oxime groups is 1. The molecule has 0 aliphatic rings. The van der Waals surface area contributed by atoms with Gasteiger partial charge in [-0.1, -0.05) is 65.8 Å². The molecule has 0 fully saturated rings. The summed E-state index contributed by atoms with van der Waals surface area (Å²) in [6.45, 7) is 0.452. The number of alkyl halides is 3. The van der Waals surface area contributed by atoms with Crippen molar-refractivity contribution in [3.8, 4) is 0 Å². The molecule has 0 N–H and O–H groups in total. The summed E-state index contributed by atoms with van der Waals surface area (Å²) in [5, 5.41) is 4.42. The average molecular weight is 452 g/mol. The Kier molecular flexibility index (Phi) is 8.29. The molecule has 164 valence electrons. The van der Waals surface area contributed by atoms with E-state index in [9.17, 15) is 13.2 Å². The minimum atomic E-state index is -6.09. The Morgan fingerprint density at radius 1 is 0.968 bits per heavy atom. The van der Waals surface area contributed by atoms with Crippen molar-refractivity contribution in [1.82, 2.24) is 0 Å². The van der Waals surface area contributed by atoms with Crippen molar-refractivity contribution >= 4 is 15.8 Å². The van der Waals surface area contributed by atoms with Crippen LogP contribution < -0.4 is 4.57 Å². The highest BCUT2D eigenvalue weighted by Gasteiger charge is 2.36. The Morgan fingerprint density at radius 3 is 2.00 bits per heavy atom. The molecule has 0 saturated heterocycles. The first-order valence-electron chi connectivity index (χ1n) is 8.86. The zero-order chi connectivity index (χ0) is 22.9. The summed E-state index contributed by atoms with van der Waals surface area (Å²) < 4.78 is 60.9. The molecule has 31 heavy (non-hydrogen) atoms. The fraction of sp³-hybridized carbons (Fsp3) is 0.143. The number of nitrogens with zero attached hydrogens (tertiary/aromatic N) is 2. The average Bonchev–Trinajstić information content (AvgIpc) is 2.72. The fourth-order valence-electron chi connectivity index (χ4n) is 2.36. The molecule has 3 aromatic rings. The van der Waals surface area contributed by atoms with Gasteiger partial charge in [0.05, 0.1) is 0 Å². The van der Waals surface area contributed by atoms with Crippen molar-refractivity contribution in [1.29, 1.82) is 0 Å². The number of aryl methyl sites for hydroxylation is 1. The van der Waals surface area contributed by atoms with Gasteiger partial charge in [-0.05, 0) is 11.6 Å². The van der Waals surface area contributed by atoms with E-state index in [1.807, 2.05) is 96.7 Å². The highest BCUT2D eigenvalue weighted by Crippen LogP contribution is 2.20. The molecule has 0 aliphatic heterocycles. The van der Waals surface area contributed by atoms with Crippen LogP contribution in [0.3, 0.4) is 0 Å². The van der Waals surface area contributed by atoms with Gasteiger partial charge in [-0.2, -0.15) is 17.7 Å². The van der Waals surface area contributed by atoms with Crippen LogP contribution in [0.25, 0.3) is 0 Å². The Hall–Kier alpha value is -3.24. The molecule has 6 nitrogen and oxygen atoms in total. The van der Waals surface area contributed by atoms with Crippen LogP contribution >= 0.6 is 0 Å². The van der Waals surface area contributed by atoms with Gasteiger partial charge < -0.3 is 9.39 Å². The van der Waals surface area contributed by atoms with E-state index in [-0.39, 0.29) is 0 Å². The number of hydrogen-bond donors (Lipinski definition) is 0. The maximum absolute atomic E-state index is 10.7. The van der Waals surface area contributed by atoms with Crippen LogP contribution in [-0.4, -0.2) is 24.2 Å². The van der Waals surface area contributed by atoms with Crippen molar-refractivity contribution in [3.05, 3.63) is 102 Å². The normalized spacial score (nSPS) is 12.0. The monoisotopic (exact) mass is 452 g/mol. The molecule has 0 radical (unpaired) electrons.